The Morgan fingerprint density at radius 3 is 1.63 bits per heavy atom. The van der Waals surface area contributed by atoms with Crippen LogP contribution in [0.4, 0.5) is 8.78 Å². The first kappa shape index (κ1) is 59.7. The SMILES string of the molecule is C=C(C)C(=O)OCCCc1cc(-c2ccc(-c3c(F)cc(-c4ccc(C5CCC(CCCCC)CC5)cc4)cc3F)cc2CC)ccc1OCC(COC(=O)C(=C)C)(COC(=O)C(=O)OCC)COC(=O)C(=O)OCC. The van der Waals surface area contributed by atoms with E-state index < -0.39 is 79.3 Å². The molecule has 0 amide bonds. The van der Waals surface area contributed by atoms with E-state index in [0.717, 1.165) is 35.4 Å². The van der Waals surface area contributed by atoms with Crippen LogP contribution in [0.2, 0.25) is 0 Å². The second kappa shape index (κ2) is 29.2. The zero-order valence-electron chi connectivity index (χ0n) is 44.8. The molecular weight excluding hydrogens is 979 g/mol. The highest BCUT2D eigenvalue weighted by atomic mass is 19.1. The summed E-state index contributed by atoms with van der Waals surface area (Å²) >= 11 is 0. The molecule has 1 fully saturated rings. The molecule has 5 rings (SSSR count). The predicted molar refractivity (Wildman–Crippen MR) is 284 cm³/mol. The minimum Gasteiger partial charge on any atom is -0.492 e. The summed E-state index contributed by atoms with van der Waals surface area (Å²) in [6.07, 6.45) is 11.0. The minimum absolute atomic E-state index is 0.0104. The van der Waals surface area contributed by atoms with Crippen molar-refractivity contribution in [1.82, 2.24) is 0 Å². The minimum atomic E-state index is -1.76. The smallest absolute Gasteiger partial charge is 0.417 e. The lowest BCUT2D eigenvalue weighted by atomic mass is 9.77. The van der Waals surface area contributed by atoms with Gasteiger partial charge >= 0.3 is 35.8 Å². The Balaban J connectivity index is 1.44. The van der Waals surface area contributed by atoms with Gasteiger partial charge in [0.2, 0.25) is 0 Å². The molecule has 0 radical (unpaired) electrons. The fourth-order valence-corrected chi connectivity index (χ4v) is 9.15. The Bertz CT molecular complexity index is 2640. The van der Waals surface area contributed by atoms with Crippen LogP contribution in [0.5, 0.6) is 5.75 Å². The Morgan fingerprint density at radius 2 is 1.08 bits per heavy atom. The predicted octanol–water partition coefficient (Wildman–Crippen LogP) is 12.1. The summed E-state index contributed by atoms with van der Waals surface area (Å²) in [5.41, 5.74) is 3.96. The molecule has 0 unspecified atom stereocenters. The molecular formula is C61H72F2O13. The topological polar surface area (TPSA) is 167 Å². The standard InChI is InChI=1S/C61H72F2O13/c1-9-13-14-16-41-18-20-43(21-19-41)44-22-24-45(25-23-44)49-33-51(62)54(52(63)34-49)48-26-28-50(42(10-2)31-48)46-27-29-53(47(32-46)17-15-30-72-55(64)39(5)6)73-35-61(36-74-56(65)40(7)8,37-75-59(68)57(66)70-11-3)38-76-60(69)58(67)71-12-4/h22-29,31-34,41,43H,5,7,9-21,30,35-38H2,1-4,6,8H3. The van der Waals surface area contributed by atoms with Gasteiger partial charge in [0.1, 0.15) is 49.2 Å². The second-order valence-corrected chi connectivity index (χ2v) is 19.5. The molecule has 1 aliphatic rings. The number of hydrogen-bond donors (Lipinski definition) is 0. The first-order valence-corrected chi connectivity index (χ1v) is 26.2. The number of unbranched alkanes of at least 4 members (excludes halogenated alkanes) is 2. The molecule has 0 N–H and O–H groups in total. The molecule has 13 nitrogen and oxygen atoms in total. The summed E-state index contributed by atoms with van der Waals surface area (Å²) in [5, 5.41) is 0. The van der Waals surface area contributed by atoms with E-state index in [1.54, 1.807) is 30.3 Å². The molecule has 0 heterocycles. The highest BCUT2D eigenvalue weighted by molar-refractivity contribution is 6.30. The summed E-state index contributed by atoms with van der Waals surface area (Å²) < 4.78 is 69.7. The molecule has 4 aromatic carbocycles. The largest absolute Gasteiger partial charge is 0.492 e. The maximum absolute atomic E-state index is 16.2. The van der Waals surface area contributed by atoms with Gasteiger partial charge in [0, 0.05) is 11.1 Å². The molecule has 0 bridgehead atoms. The van der Waals surface area contributed by atoms with Gasteiger partial charge in [-0.3, -0.25) is 0 Å². The van der Waals surface area contributed by atoms with Crippen molar-refractivity contribution in [3.63, 3.8) is 0 Å². The monoisotopic (exact) mass is 1050 g/mol. The van der Waals surface area contributed by atoms with E-state index in [1.165, 1.54) is 83.9 Å². The highest BCUT2D eigenvalue weighted by Crippen LogP contribution is 2.40. The number of esters is 6. The number of ether oxygens (including phenoxy) is 7. The van der Waals surface area contributed by atoms with E-state index in [4.69, 9.17) is 33.2 Å². The lowest BCUT2D eigenvalue weighted by Gasteiger charge is -2.32. The zero-order valence-corrected chi connectivity index (χ0v) is 44.8. The van der Waals surface area contributed by atoms with Crippen LogP contribution >= 0.6 is 0 Å². The average molecular weight is 1050 g/mol. The summed E-state index contributed by atoms with van der Waals surface area (Å²) in [6, 6.07) is 21.3. The van der Waals surface area contributed by atoms with E-state index in [0.29, 0.717) is 41.0 Å². The lowest BCUT2D eigenvalue weighted by molar-refractivity contribution is -0.178. The molecule has 0 atom stereocenters. The third kappa shape index (κ3) is 16.9. The van der Waals surface area contributed by atoms with Crippen LogP contribution in [0.15, 0.2) is 97.1 Å². The van der Waals surface area contributed by atoms with Gasteiger partial charge in [0.25, 0.3) is 0 Å². The van der Waals surface area contributed by atoms with Crippen molar-refractivity contribution in [3.8, 4) is 39.1 Å². The number of aryl methyl sites for hydroxylation is 2. The van der Waals surface area contributed by atoms with Crippen LogP contribution in [0.25, 0.3) is 33.4 Å². The third-order valence-electron chi connectivity index (χ3n) is 13.4. The van der Waals surface area contributed by atoms with E-state index in [2.05, 4.69) is 32.2 Å². The van der Waals surface area contributed by atoms with Crippen LogP contribution in [0.3, 0.4) is 0 Å². The summed E-state index contributed by atoms with van der Waals surface area (Å²) in [5.74, 6) is -6.67. The van der Waals surface area contributed by atoms with Gasteiger partial charge in [-0.2, -0.15) is 0 Å². The van der Waals surface area contributed by atoms with Crippen molar-refractivity contribution in [3.05, 3.63) is 125 Å². The van der Waals surface area contributed by atoms with Crippen molar-refractivity contribution in [2.45, 2.75) is 118 Å². The number of carbonyl (C=O) groups is 6. The van der Waals surface area contributed by atoms with Gasteiger partial charge < -0.3 is 33.2 Å². The first-order chi connectivity index (χ1) is 36.4. The van der Waals surface area contributed by atoms with Crippen LogP contribution in [0, 0.1) is 23.0 Å². The molecule has 1 saturated carbocycles. The number of benzene rings is 4. The van der Waals surface area contributed by atoms with Crippen LogP contribution in [0.1, 0.15) is 122 Å². The number of hydrogen-bond acceptors (Lipinski definition) is 13. The molecule has 0 aliphatic heterocycles. The quantitative estimate of drug-likeness (QED) is 0.0192. The Hall–Kier alpha value is -7.16. The van der Waals surface area contributed by atoms with Crippen LogP contribution in [-0.2, 0) is 70.0 Å². The van der Waals surface area contributed by atoms with Crippen molar-refractivity contribution in [2.24, 2.45) is 11.3 Å². The van der Waals surface area contributed by atoms with E-state index in [1.807, 2.05) is 25.1 Å². The van der Waals surface area contributed by atoms with E-state index >= 15 is 8.78 Å². The molecule has 0 spiro atoms. The molecule has 1 aliphatic carbocycles. The van der Waals surface area contributed by atoms with Crippen LogP contribution < -0.4 is 4.74 Å². The zero-order chi connectivity index (χ0) is 55.4. The van der Waals surface area contributed by atoms with Crippen molar-refractivity contribution >= 4 is 35.8 Å². The molecule has 4 aromatic rings. The van der Waals surface area contributed by atoms with Gasteiger partial charge in [-0.25, -0.2) is 37.5 Å². The summed E-state index contributed by atoms with van der Waals surface area (Å²) in [6.45, 7) is 14.4. The molecule has 0 aromatic heterocycles. The molecule has 0 saturated heterocycles. The van der Waals surface area contributed by atoms with Gasteiger partial charge in [-0.05, 0) is 153 Å². The average Bonchev–Trinajstić information content (AvgIpc) is 3.41. The van der Waals surface area contributed by atoms with Gasteiger partial charge in [-0.1, -0.05) is 101 Å². The number of rotatable bonds is 26. The Labute approximate surface area is 445 Å². The molecule has 76 heavy (non-hydrogen) atoms. The third-order valence-corrected chi connectivity index (χ3v) is 13.4. The van der Waals surface area contributed by atoms with Gasteiger partial charge in [0.05, 0.1) is 25.4 Å². The molecule has 408 valence electrons. The van der Waals surface area contributed by atoms with Crippen molar-refractivity contribution < 1.29 is 70.7 Å². The fourth-order valence-electron chi connectivity index (χ4n) is 9.15. The first-order valence-electron chi connectivity index (χ1n) is 26.2. The summed E-state index contributed by atoms with van der Waals surface area (Å²) in [7, 11) is 0. The molecule has 15 heteroatoms. The maximum atomic E-state index is 16.2. The number of halogens is 2. The van der Waals surface area contributed by atoms with Crippen LogP contribution in [-0.4, -0.2) is 82.1 Å². The van der Waals surface area contributed by atoms with Gasteiger partial charge in [-0.15, -0.1) is 0 Å². The summed E-state index contributed by atoms with van der Waals surface area (Å²) in [4.78, 5) is 75.0. The fraction of sp³-hybridized carbons (Fsp3) is 0.443. The van der Waals surface area contributed by atoms with Crippen molar-refractivity contribution in [2.75, 3.05) is 46.2 Å². The normalized spacial score (nSPS) is 14.2. The second-order valence-electron chi connectivity index (χ2n) is 19.5. The van der Waals surface area contributed by atoms with Gasteiger partial charge in [0.15, 0.2) is 0 Å². The maximum Gasteiger partial charge on any atom is 0.417 e. The lowest BCUT2D eigenvalue weighted by Crippen LogP contribution is -2.45. The van der Waals surface area contributed by atoms with E-state index in [-0.39, 0.29) is 48.7 Å². The highest BCUT2D eigenvalue weighted by Gasteiger charge is 2.39. The van der Waals surface area contributed by atoms with Crippen molar-refractivity contribution in [1.29, 1.82) is 0 Å². The Kier molecular flexibility index (Phi) is 23.0. The number of carbonyl (C=O) groups excluding carboxylic acids is 6. The Morgan fingerprint density at radius 1 is 0.553 bits per heavy atom. The van der Waals surface area contributed by atoms with E-state index in [9.17, 15) is 28.8 Å².